The number of amides is 1. The SMILES string of the molecule is [B]C([B])(O)Oc1cc(F)c(-c2cc(Cc3cnc4c(N)nccn34)c(N3CCCC(N)(C(=O)NC)C3)cn2)cc1F. The van der Waals surface area contributed by atoms with Crippen molar-refractivity contribution in [1.29, 1.82) is 0 Å². The van der Waals surface area contributed by atoms with Gasteiger partial charge in [-0.3, -0.25) is 14.2 Å². The highest BCUT2D eigenvalue weighted by Gasteiger charge is 2.38. The third-order valence-corrected chi connectivity index (χ3v) is 6.98. The summed E-state index contributed by atoms with van der Waals surface area (Å²) in [7, 11) is 11.8. The Kier molecular flexibility index (Phi) is 7.34. The van der Waals surface area contributed by atoms with Crippen LogP contribution in [0.2, 0.25) is 0 Å². The minimum absolute atomic E-state index is 0.125. The quantitative estimate of drug-likeness (QED) is 0.189. The molecule has 15 heteroatoms. The number of fused-ring (bicyclic) bond motifs is 1. The molecule has 1 unspecified atom stereocenters. The van der Waals surface area contributed by atoms with Crippen LogP contribution in [0.4, 0.5) is 20.3 Å². The van der Waals surface area contributed by atoms with Crippen molar-refractivity contribution in [2.45, 2.75) is 30.4 Å². The number of halogens is 2. The zero-order valence-corrected chi connectivity index (χ0v) is 22.1. The Labute approximate surface area is 236 Å². The van der Waals surface area contributed by atoms with Crippen LogP contribution >= 0.6 is 0 Å². The Morgan fingerprint density at radius 3 is 2.73 bits per heavy atom. The summed E-state index contributed by atoms with van der Waals surface area (Å²) >= 11 is 0. The summed E-state index contributed by atoms with van der Waals surface area (Å²) in [6.45, 7) is 0.824. The first kappa shape index (κ1) is 28.3. The number of piperidine rings is 1. The molecule has 5 rings (SSSR count). The van der Waals surface area contributed by atoms with Crippen molar-refractivity contribution in [3.63, 3.8) is 0 Å². The molecule has 1 aliphatic heterocycles. The van der Waals surface area contributed by atoms with Gasteiger partial charge in [0.15, 0.2) is 38.7 Å². The standard InChI is InChI=1S/C26H26B2F2N8O3/c1-33-24(39)25(32)3-2-5-37(13-25)20-12-35-19(16-9-18(30)21(10-17(16)29)41-26(27,28)40)8-14(20)7-15-11-36-23-22(31)34-4-6-38(15)23/h4,6,8-12,40H,2-3,5,7,13,32H2,1H3,(H2,31,34)(H,33,39). The first-order valence-electron chi connectivity index (χ1n) is 12.7. The molecule has 3 aromatic heterocycles. The van der Waals surface area contributed by atoms with E-state index in [1.165, 1.54) is 7.05 Å². The highest BCUT2D eigenvalue weighted by atomic mass is 19.1. The van der Waals surface area contributed by atoms with Crippen LogP contribution in [0.5, 0.6) is 5.75 Å². The number of aromatic nitrogens is 4. The van der Waals surface area contributed by atoms with Crippen LogP contribution in [0, 0.1) is 11.6 Å². The fourth-order valence-electron chi connectivity index (χ4n) is 5.08. The van der Waals surface area contributed by atoms with Crippen molar-refractivity contribution < 1.29 is 23.4 Å². The van der Waals surface area contributed by atoms with Crippen LogP contribution in [0.1, 0.15) is 24.1 Å². The molecule has 6 N–H and O–H groups in total. The number of rotatable bonds is 7. The zero-order valence-electron chi connectivity index (χ0n) is 22.1. The van der Waals surface area contributed by atoms with Crippen LogP contribution < -0.4 is 26.4 Å². The maximum absolute atomic E-state index is 15.2. The predicted octanol–water partition coefficient (Wildman–Crippen LogP) is 0.606. The largest absolute Gasteiger partial charge is 0.478 e. The molecule has 41 heavy (non-hydrogen) atoms. The monoisotopic (exact) mass is 558 g/mol. The van der Waals surface area contributed by atoms with Gasteiger partial charge in [-0.05, 0) is 30.5 Å². The number of nitrogens with zero attached hydrogens (tertiary/aromatic N) is 5. The van der Waals surface area contributed by atoms with Crippen molar-refractivity contribution in [2.24, 2.45) is 5.73 Å². The molecule has 208 valence electrons. The van der Waals surface area contributed by atoms with E-state index in [2.05, 4.69) is 20.3 Å². The van der Waals surface area contributed by atoms with Gasteiger partial charge in [0.25, 0.3) is 0 Å². The molecule has 0 saturated carbocycles. The number of carbonyl (C=O) groups excluding carboxylic acids is 1. The lowest BCUT2D eigenvalue weighted by Crippen LogP contribution is -2.62. The number of pyridine rings is 1. The van der Waals surface area contributed by atoms with Crippen LogP contribution in [0.25, 0.3) is 16.9 Å². The van der Waals surface area contributed by atoms with Gasteiger partial charge in [-0.2, -0.15) is 0 Å². The van der Waals surface area contributed by atoms with Crippen LogP contribution in [0.15, 0.2) is 43.0 Å². The Morgan fingerprint density at radius 1 is 1.22 bits per heavy atom. The van der Waals surface area contributed by atoms with E-state index in [0.717, 1.165) is 17.8 Å². The van der Waals surface area contributed by atoms with Gasteiger partial charge in [0.05, 0.1) is 17.6 Å². The number of anilines is 2. The van der Waals surface area contributed by atoms with Gasteiger partial charge < -0.3 is 31.5 Å². The molecule has 4 heterocycles. The summed E-state index contributed by atoms with van der Waals surface area (Å²) in [5.74, 6) is -2.59. The Balaban J connectivity index is 1.59. The molecule has 11 nitrogen and oxygen atoms in total. The summed E-state index contributed by atoms with van der Waals surface area (Å²) in [4.78, 5) is 27.4. The Bertz CT molecular complexity index is 1630. The first-order chi connectivity index (χ1) is 19.4. The number of nitrogen functional groups attached to an aromatic ring is 1. The number of likely N-dealkylation sites (N-methyl/N-ethyl adjacent to an activating group) is 1. The molecule has 1 aromatic carbocycles. The van der Waals surface area contributed by atoms with Gasteiger partial charge >= 0.3 is 0 Å². The number of carbonyl (C=O) groups is 1. The van der Waals surface area contributed by atoms with Gasteiger partial charge in [-0.25, -0.2) is 18.7 Å². The van der Waals surface area contributed by atoms with E-state index in [1.807, 2.05) is 4.90 Å². The molecule has 4 aromatic rings. The fraction of sp³-hybridized carbons (Fsp3) is 0.308. The van der Waals surface area contributed by atoms with E-state index in [0.29, 0.717) is 42.7 Å². The van der Waals surface area contributed by atoms with Crippen LogP contribution in [0.3, 0.4) is 0 Å². The number of hydrogen-bond acceptors (Lipinski definition) is 9. The number of hydrogen-bond donors (Lipinski definition) is 4. The third-order valence-electron chi connectivity index (χ3n) is 6.98. The number of benzene rings is 1. The van der Waals surface area contributed by atoms with Crippen LogP contribution in [-0.4, -0.2) is 77.3 Å². The molecule has 0 bridgehead atoms. The number of nitrogens with two attached hydrogens (primary N) is 2. The van der Waals surface area contributed by atoms with E-state index in [1.54, 1.807) is 35.3 Å². The maximum atomic E-state index is 15.2. The molecule has 1 amide bonds. The highest BCUT2D eigenvalue weighted by Crippen LogP contribution is 2.34. The molecule has 1 aliphatic rings. The number of aliphatic hydroxyl groups is 1. The minimum Gasteiger partial charge on any atom is -0.478 e. The molecule has 1 saturated heterocycles. The number of ether oxygens (including phenoxy) is 1. The van der Waals surface area contributed by atoms with Crippen molar-refractivity contribution in [1.82, 2.24) is 24.7 Å². The second kappa shape index (κ2) is 10.6. The van der Waals surface area contributed by atoms with Gasteiger partial charge in [0.2, 0.25) is 5.91 Å². The van der Waals surface area contributed by atoms with E-state index >= 15 is 4.39 Å². The smallest absolute Gasteiger partial charge is 0.241 e. The average Bonchev–Trinajstić information content (AvgIpc) is 3.33. The van der Waals surface area contributed by atoms with Crippen LogP contribution in [-0.2, 0) is 11.2 Å². The summed E-state index contributed by atoms with van der Waals surface area (Å²) in [6.07, 6.45) is 7.91. The van der Waals surface area contributed by atoms with Gasteiger partial charge in [-0.15, -0.1) is 0 Å². The molecular weight excluding hydrogens is 532 g/mol. The lowest BCUT2D eigenvalue weighted by Gasteiger charge is -2.40. The minimum atomic E-state index is -2.70. The van der Waals surface area contributed by atoms with Gasteiger partial charge in [-0.1, -0.05) is 0 Å². The van der Waals surface area contributed by atoms with Gasteiger partial charge in [0.1, 0.15) is 16.9 Å². The second-order valence-corrected chi connectivity index (χ2v) is 10.0. The predicted molar refractivity (Wildman–Crippen MR) is 149 cm³/mol. The van der Waals surface area contributed by atoms with Crippen molar-refractivity contribution in [3.8, 4) is 17.0 Å². The molecule has 4 radical (unpaired) electrons. The summed E-state index contributed by atoms with van der Waals surface area (Å²) in [6, 6.07) is 3.23. The summed E-state index contributed by atoms with van der Waals surface area (Å²) in [5.41, 5.74) is 11.2. The normalized spacial score (nSPS) is 17.5. The van der Waals surface area contributed by atoms with Gasteiger partial charge in [0, 0.05) is 62.5 Å². The number of nitrogens with one attached hydrogen (secondary N) is 1. The topological polar surface area (TPSA) is 157 Å². The van der Waals surface area contributed by atoms with Crippen molar-refractivity contribution in [3.05, 3.63) is 65.9 Å². The highest BCUT2D eigenvalue weighted by molar-refractivity contribution is 6.37. The molecule has 1 fully saturated rings. The van der Waals surface area contributed by atoms with E-state index < -0.39 is 28.5 Å². The van der Waals surface area contributed by atoms with E-state index in [4.69, 9.17) is 31.9 Å². The number of imidazole rings is 1. The van der Waals surface area contributed by atoms with Crippen molar-refractivity contribution in [2.75, 3.05) is 30.8 Å². The molecule has 0 spiro atoms. The van der Waals surface area contributed by atoms with E-state index in [-0.39, 0.29) is 29.5 Å². The summed E-state index contributed by atoms with van der Waals surface area (Å²) in [5, 5.41) is 12.1. The Morgan fingerprint density at radius 2 is 2.00 bits per heavy atom. The zero-order chi connectivity index (χ0) is 29.5. The van der Waals surface area contributed by atoms with E-state index in [9.17, 15) is 14.3 Å². The summed E-state index contributed by atoms with van der Waals surface area (Å²) < 4.78 is 36.5. The Hall–Kier alpha value is -4.23. The molecule has 1 atom stereocenters. The lowest BCUT2D eigenvalue weighted by molar-refractivity contribution is -0.126. The lowest BCUT2D eigenvalue weighted by atomic mass is 9.76. The van der Waals surface area contributed by atoms with Crippen molar-refractivity contribution >= 4 is 38.8 Å². The molecular formula is C26H26B2F2N8O3. The maximum Gasteiger partial charge on any atom is 0.241 e. The molecule has 0 aliphatic carbocycles. The average molecular weight is 558 g/mol. The third kappa shape index (κ3) is 5.68. The second-order valence-electron chi connectivity index (χ2n) is 10.0. The first-order valence-corrected chi connectivity index (χ1v) is 12.7. The fourth-order valence-corrected chi connectivity index (χ4v) is 5.08.